The van der Waals surface area contributed by atoms with Crippen LogP contribution in [-0.2, 0) is 25.9 Å². The molecule has 2 atom stereocenters. The van der Waals surface area contributed by atoms with E-state index in [1.165, 1.54) is 18.9 Å². The molecule has 0 radical (unpaired) electrons. The molecule has 2 aliphatic rings. The summed E-state index contributed by atoms with van der Waals surface area (Å²) < 4.78 is 34.2. The molecule has 1 aromatic rings. The second-order valence-electron chi connectivity index (χ2n) is 5.96. The molecule has 0 aromatic heterocycles. The zero-order chi connectivity index (χ0) is 18.0. The Morgan fingerprint density at radius 3 is 2.80 bits per heavy atom. The predicted octanol–water partition coefficient (Wildman–Crippen LogP) is 0.939. The van der Waals surface area contributed by atoms with Gasteiger partial charge in [-0.05, 0) is 6.07 Å². The van der Waals surface area contributed by atoms with E-state index in [1.54, 1.807) is 7.11 Å². The lowest BCUT2D eigenvalue weighted by atomic mass is 10.1. The Hall–Kier alpha value is -1.58. The third-order valence-corrected chi connectivity index (χ3v) is 7.44. The smallest absolute Gasteiger partial charge is 0.274 e. The maximum absolute atomic E-state index is 12.0. The van der Waals surface area contributed by atoms with Crippen molar-refractivity contribution in [1.82, 2.24) is 4.90 Å². The lowest BCUT2D eigenvalue weighted by Crippen LogP contribution is -2.37. The van der Waals surface area contributed by atoms with Crippen molar-refractivity contribution in [2.45, 2.75) is 17.8 Å². The number of hydrogen-bond acceptors (Lipinski definition) is 6. The minimum atomic E-state index is -3.07. The maximum Gasteiger partial charge on any atom is 0.274 e. The number of aliphatic imine (C=N–C) groups is 1. The van der Waals surface area contributed by atoms with Crippen molar-refractivity contribution in [2.24, 2.45) is 4.99 Å². The number of amides is 1. The molecule has 2 saturated heterocycles. The third kappa shape index (κ3) is 3.99. The standard InChI is InChI=1S/C16H20N2O5S2/c1-22-8-15(19)17-16-18(7-11-5-3-4-6-13(11)23-2)12-9-25(20,21)10-14(12)24-16/h3-6,12,14H,7-10H2,1-2H3/t12-,14-/m0/s1. The Morgan fingerprint density at radius 1 is 1.32 bits per heavy atom. The van der Waals surface area contributed by atoms with E-state index < -0.39 is 9.84 Å². The van der Waals surface area contributed by atoms with Gasteiger partial charge in [-0.1, -0.05) is 30.0 Å². The number of fused-ring (bicyclic) bond motifs is 1. The van der Waals surface area contributed by atoms with E-state index in [2.05, 4.69) is 4.99 Å². The van der Waals surface area contributed by atoms with Crippen LogP contribution in [-0.4, -0.2) is 68.0 Å². The van der Waals surface area contributed by atoms with Gasteiger partial charge in [0.05, 0.1) is 24.7 Å². The first-order chi connectivity index (χ1) is 11.9. The van der Waals surface area contributed by atoms with Crippen molar-refractivity contribution in [3.8, 4) is 5.75 Å². The fourth-order valence-corrected chi connectivity index (χ4v) is 7.07. The molecule has 2 aliphatic heterocycles. The number of methoxy groups -OCH3 is 2. The topological polar surface area (TPSA) is 85.3 Å². The molecule has 1 aromatic carbocycles. The molecule has 0 aliphatic carbocycles. The number of thioether (sulfide) groups is 1. The highest BCUT2D eigenvalue weighted by Gasteiger charge is 2.48. The van der Waals surface area contributed by atoms with Crippen LogP contribution in [0.5, 0.6) is 5.75 Å². The minimum absolute atomic E-state index is 0.0807. The van der Waals surface area contributed by atoms with E-state index in [-0.39, 0.29) is 35.3 Å². The van der Waals surface area contributed by atoms with Crippen molar-refractivity contribution < 1.29 is 22.7 Å². The van der Waals surface area contributed by atoms with Crippen LogP contribution >= 0.6 is 11.8 Å². The van der Waals surface area contributed by atoms with Crippen molar-refractivity contribution in [1.29, 1.82) is 0 Å². The van der Waals surface area contributed by atoms with Gasteiger partial charge in [0.1, 0.15) is 12.4 Å². The number of benzene rings is 1. The average molecular weight is 384 g/mol. The van der Waals surface area contributed by atoms with E-state index in [9.17, 15) is 13.2 Å². The van der Waals surface area contributed by atoms with Crippen LogP contribution < -0.4 is 4.74 Å². The summed E-state index contributed by atoms with van der Waals surface area (Å²) in [6.45, 7) is 0.340. The SMILES string of the molecule is COCC(=O)N=C1S[C@H]2CS(=O)(=O)C[C@@H]2N1Cc1ccccc1OC. The zero-order valence-electron chi connectivity index (χ0n) is 14.0. The van der Waals surface area contributed by atoms with Crippen LogP contribution in [0.2, 0.25) is 0 Å². The first-order valence-electron chi connectivity index (χ1n) is 7.79. The lowest BCUT2D eigenvalue weighted by Gasteiger charge is -2.25. The number of hydrogen-bond donors (Lipinski definition) is 0. The highest BCUT2D eigenvalue weighted by atomic mass is 32.2. The van der Waals surface area contributed by atoms with Gasteiger partial charge in [0, 0.05) is 24.5 Å². The van der Waals surface area contributed by atoms with E-state index in [0.717, 1.165) is 11.3 Å². The van der Waals surface area contributed by atoms with Gasteiger partial charge in [0.2, 0.25) is 0 Å². The summed E-state index contributed by atoms with van der Waals surface area (Å²) >= 11 is 1.36. The number of sulfone groups is 1. The molecule has 2 fully saturated rings. The molecule has 25 heavy (non-hydrogen) atoms. The summed E-state index contributed by atoms with van der Waals surface area (Å²) in [5.41, 5.74) is 0.919. The van der Waals surface area contributed by atoms with Crippen molar-refractivity contribution >= 4 is 32.7 Å². The van der Waals surface area contributed by atoms with Gasteiger partial charge in [-0.25, -0.2) is 8.42 Å². The molecule has 7 nitrogen and oxygen atoms in total. The van der Waals surface area contributed by atoms with Crippen LogP contribution in [0.25, 0.3) is 0 Å². The summed E-state index contributed by atoms with van der Waals surface area (Å²) in [7, 11) is -0.0338. The number of amidine groups is 1. The Labute approximate surface area is 151 Å². The Bertz CT molecular complexity index is 793. The lowest BCUT2D eigenvalue weighted by molar-refractivity contribution is -0.121. The van der Waals surface area contributed by atoms with Crippen molar-refractivity contribution in [3.05, 3.63) is 29.8 Å². The second kappa shape index (κ2) is 7.35. The highest BCUT2D eigenvalue weighted by Crippen LogP contribution is 2.39. The molecule has 0 N–H and O–H groups in total. The van der Waals surface area contributed by atoms with E-state index in [0.29, 0.717) is 11.7 Å². The minimum Gasteiger partial charge on any atom is -0.496 e. The van der Waals surface area contributed by atoms with Crippen LogP contribution in [0.15, 0.2) is 29.3 Å². The van der Waals surface area contributed by atoms with Gasteiger partial charge in [-0.3, -0.25) is 4.79 Å². The van der Waals surface area contributed by atoms with Crippen molar-refractivity contribution in [3.63, 3.8) is 0 Å². The summed E-state index contributed by atoms with van der Waals surface area (Å²) in [5, 5.41) is 0.451. The quantitative estimate of drug-likeness (QED) is 0.747. The molecule has 0 unspecified atom stereocenters. The summed E-state index contributed by atoms with van der Waals surface area (Å²) in [4.78, 5) is 17.9. The van der Waals surface area contributed by atoms with Crippen LogP contribution in [0.3, 0.4) is 0 Å². The van der Waals surface area contributed by atoms with Gasteiger partial charge < -0.3 is 14.4 Å². The maximum atomic E-state index is 12.0. The first kappa shape index (κ1) is 18.2. The van der Waals surface area contributed by atoms with Gasteiger partial charge in [0.25, 0.3) is 5.91 Å². The summed E-state index contributed by atoms with van der Waals surface area (Å²) in [6, 6.07) is 7.37. The fourth-order valence-electron chi connectivity index (χ4n) is 3.10. The molecule has 2 heterocycles. The number of carbonyl (C=O) groups is 1. The predicted molar refractivity (Wildman–Crippen MR) is 96.7 cm³/mol. The summed E-state index contributed by atoms with van der Waals surface area (Å²) in [6.07, 6.45) is 0. The number of rotatable bonds is 5. The van der Waals surface area contributed by atoms with E-state index in [4.69, 9.17) is 9.47 Å². The third-order valence-electron chi connectivity index (χ3n) is 4.20. The van der Waals surface area contributed by atoms with Gasteiger partial charge in [-0.2, -0.15) is 4.99 Å². The highest BCUT2D eigenvalue weighted by molar-refractivity contribution is 8.15. The van der Waals surface area contributed by atoms with E-state index >= 15 is 0 Å². The number of ether oxygens (including phenoxy) is 2. The van der Waals surface area contributed by atoms with Crippen LogP contribution in [0.4, 0.5) is 0 Å². The van der Waals surface area contributed by atoms with Gasteiger partial charge in [0.15, 0.2) is 15.0 Å². The van der Waals surface area contributed by atoms with E-state index in [1.807, 2.05) is 29.2 Å². The average Bonchev–Trinajstić information content (AvgIpc) is 3.01. The fraction of sp³-hybridized carbons (Fsp3) is 0.500. The molecule has 136 valence electrons. The number of nitrogens with zero attached hydrogens (tertiary/aromatic N) is 2. The first-order valence-corrected chi connectivity index (χ1v) is 10.5. The number of para-hydroxylation sites is 1. The summed E-state index contributed by atoms with van der Waals surface area (Å²) in [5.74, 6) is 0.539. The van der Waals surface area contributed by atoms with Gasteiger partial charge >= 0.3 is 0 Å². The molecular weight excluding hydrogens is 364 g/mol. The molecule has 0 saturated carbocycles. The molecule has 9 heteroatoms. The Balaban J connectivity index is 1.91. The molecule has 3 rings (SSSR count). The zero-order valence-corrected chi connectivity index (χ0v) is 15.7. The largest absolute Gasteiger partial charge is 0.496 e. The molecule has 1 amide bonds. The van der Waals surface area contributed by atoms with Crippen LogP contribution in [0.1, 0.15) is 5.56 Å². The molecular formula is C16H20N2O5S2. The number of carbonyl (C=O) groups excluding carboxylic acids is 1. The van der Waals surface area contributed by atoms with Gasteiger partial charge in [-0.15, -0.1) is 0 Å². The normalized spacial score (nSPS) is 26.0. The monoisotopic (exact) mass is 384 g/mol. The van der Waals surface area contributed by atoms with Crippen LogP contribution in [0, 0.1) is 0 Å². The molecule has 0 spiro atoms. The molecule has 0 bridgehead atoms. The van der Waals surface area contributed by atoms with Crippen molar-refractivity contribution in [2.75, 3.05) is 32.3 Å². The second-order valence-corrected chi connectivity index (χ2v) is 9.32. The Kier molecular flexibility index (Phi) is 5.35. The Morgan fingerprint density at radius 2 is 2.08 bits per heavy atom.